The van der Waals surface area contributed by atoms with Crippen LogP contribution in [-0.2, 0) is 12.8 Å². The molecule has 1 nitrogen and oxygen atoms in total. The summed E-state index contributed by atoms with van der Waals surface area (Å²) in [5.41, 5.74) is 5.60. The van der Waals surface area contributed by atoms with Crippen LogP contribution in [0, 0.1) is 0 Å². The normalized spacial score (nSPS) is 21.8. The molecule has 22 heavy (non-hydrogen) atoms. The zero-order chi connectivity index (χ0) is 14.9. The SMILES string of the molecule is Clc1cccc(-c2ccc3c(c2)CCC(N2CCCC2)C3)c1. The third-order valence-corrected chi connectivity index (χ3v) is 5.46. The van der Waals surface area contributed by atoms with Crippen LogP contribution in [0.15, 0.2) is 42.5 Å². The molecule has 2 heteroatoms. The van der Waals surface area contributed by atoms with Crippen molar-refractivity contribution in [1.29, 1.82) is 0 Å². The summed E-state index contributed by atoms with van der Waals surface area (Å²) in [6.45, 7) is 2.61. The van der Waals surface area contributed by atoms with Crippen LogP contribution in [0.1, 0.15) is 30.4 Å². The first-order valence-corrected chi connectivity index (χ1v) is 8.79. The van der Waals surface area contributed by atoms with Gasteiger partial charge in [-0.1, -0.05) is 41.9 Å². The summed E-state index contributed by atoms with van der Waals surface area (Å²) in [5, 5.41) is 0.810. The van der Waals surface area contributed by atoms with E-state index in [-0.39, 0.29) is 0 Å². The Morgan fingerprint density at radius 3 is 2.55 bits per heavy atom. The molecular formula is C20H22ClN. The molecule has 0 N–H and O–H groups in total. The predicted octanol–water partition coefficient (Wildman–Crippen LogP) is 4.96. The van der Waals surface area contributed by atoms with Gasteiger partial charge >= 0.3 is 0 Å². The van der Waals surface area contributed by atoms with E-state index in [1.54, 1.807) is 5.56 Å². The largest absolute Gasteiger partial charge is 0.300 e. The van der Waals surface area contributed by atoms with Gasteiger partial charge in [0.25, 0.3) is 0 Å². The van der Waals surface area contributed by atoms with Gasteiger partial charge in [0, 0.05) is 11.1 Å². The highest BCUT2D eigenvalue weighted by atomic mass is 35.5. The molecule has 0 spiro atoms. The van der Waals surface area contributed by atoms with Crippen LogP contribution in [-0.4, -0.2) is 24.0 Å². The molecule has 1 aliphatic heterocycles. The maximum Gasteiger partial charge on any atom is 0.0412 e. The third-order valence-electron chi connectivity index (χ3n) is 5.22. The van der Waals surface area contributed by atoms with Crippen molar-refractivity contribution in [2.24, 2.45) is 0 Å². The first-order valence-electron chi connectivity index (χ1n) is 8.41. The van der Waals surface area contributed by atoms with Crippen molar-refractivity contribution >= 4 is 11.6 Å². The molecule has 2 aromatic carbocycles. The summed E-state index contributed by atoms with van der Waals surface area (Å²) in [4.78, 5) is 2.70. The lowest BCUT2D eigenvalue weighted by atomic mass is 9.85. The Morgan fingerprint density at radius 1 is 0.909 bits per heavy atom. The fraction of sp³-hybridized carbons (Fsp3) is 0.400. The minimum atomic E-state index is 0.770. The Hall–Kier alpha value is -1.31. The van der Waals surface area contributed by atoms with Gasteiger partial charge in [0.2, 0.25) is 0 Å². The second-order valence-electron chi connectivity index (χ2n) is 6.63. The van der Waals surface area contributed by atoms with Crippen molar-refractivity contribution in [3.63, 3.8) is 0 Å². The van der Waals surface area contributed by atoms with Crippen LogP contribution >= 0.6 is 11.6 Å². The van der Waals surface area contributed by atoms with Crippen molar-refractivity contribution in [3.8, 4) is 11.1 Å². The predicted molar refractivity (Wildman–Crippen MR) is 93.5 cm³/mol. The van der Waals surface area contributed by atoms with E-state index >= 15 is 0 Å². The highest BCUT2D eigenvalue weighted by molar-refractivity contribution is 6.30. The molecule has 2 aromatic rings. The van der Waals surface area contributed by atoms with Gasteiger partial charge in [-0.15, -0.1) is 0 Å². The number of benzene rings is 2. The zero-order valence-corrected chi connectivity index (χ0v) is 13.6. The second-order valence-corrected chi connectivity index (χ2v) is 7.07. The Labute approximate surface area is 137 Å². The highest BCUT2D eigenvalue weighted by Gasteiger charge is 2.26. The lowest BCUT2D eigenvalue weighted by Crippen LogP contribution is -2.37. The topological polar surface area (TPSA) is 3.24 Å². The number of nitrogens with zero attached hydrogens (tertiary/aromatic N) is 1. The second kappa shape index (κ2) is 6.06. The number of hydrogen-bond acceptors (Lipinski definition) is 1. The van der Waals surface area contributed by atoms with Crippen LogP contribution in [0.2, 0.25) is 5.02 Å². The van der Waals surface area contributed by atoms with Crippen LogP contribution in [0.4, 0.5) is 0 Å². The highest BCUT2D eigenvalue weighted by Crippen LogP contribution is 2.31. The Morgan fingerprint density at radius 2 is 1.73 bits per heavy atom. The lowest BCUT2D eigenvalue weighted by Gasteiger charge is -2.32. The van der Waals surface area contributed by atoms with E-state index in [1.165, 1.54) is 61.9 Å². The maximum absolute atomic E-state index is 6.12. The minimum Gasteiger partial charge on any atom is -0.300 e. The van der Waals surface area contributed by atoms with Crippen LogP contribution in [0.25, 0.3) is 11.1 Å². The van der Waals surface area contributed by atoms with E-state index < -0.39 is 0 Å². The molecule has 1 unspecified atom stereocenters. The van der Waals surface area contributed by atoms with Gasteiger partial charge < -0.3 is 4.90 Å². The maximum atomic E-state index is 6.12. The molecule has 1 fully saturated rings. The van der Waals surface area contributed by atoms with Gasteiger partial charge in [0.05, 0.1) is 0 Å². The number of aryl methyl sites for hydroxylation is 1. The quantitative estimate of drug-likeness (QED) is 0.757. The van der Waals surface area contributed by atoms with E-state index in [4.69, 9.17) is 11.6 Å². The Balaban J connectivity index is 1.58. The summed E-state index contributed by atoms with van der Waals surface area (Å²) >= 11 is 6.12. The van der Waals surface area contributed by atoms with Gasteiger partial charge in [0.1, 0.15) is 0 Å². The van der Waals surface area contributed by atoms with Crippen molar-refractivity contribution in [2.75, 3.05) is 13.1 Å². The molecule has 0 amide bonds. The average molecular weight is 312 g/mol. The molecule has 114 valence electrons. The first-order chi connectivity index (χ1) is 10.8. The van der Waals surface area contributed by atoms with E-state index in [9.17, 15) is 0 Å². The number of halogens is 1. The van der Waals surface area contributed by atoms with Crippen molar-refractivity contribution < 1.29 is 0 Å². The number of rotatable bonds is 2. The first kappa shape index (κ1) is 14.3. The molecule has 0 aromatic heterocycles. The summed E-state index contributed by atoms with van der Waals surface area (Å²) < 4.78 is 0. The third kappa shape index (κ3) is 2.80. The molecule has 1 saturated heterocycles. The van der Waals surface area contributed by atoms with Crippen molar-refractivity contribution in [1.82, 2.24) is 4.90 Å². The van der Waals surface area contributed by atoms with E-state index in [2.05, 4.69) is 35.2 Å². The summed E-state index contributed by atoms with van der Waals surface area (Å²) in [5.74, 6) is 0. The van der Waals surface area contributed by atoms with Crippen molar-refractivity contribution in [3.05, 3.63) is 58.6 Å². The van der Waals surface area contributed by atoms with E-state index in [0.717, 1.165) is 11.1 Å². The number of hydrogen-bond donors (Lipinski definition) is 0. The number of fused-ring (bicyclic) bond motifs is 1. The standard InChI is InChI=1S/C20H22ClN/c21-19-5-3-4-15(13-19)16-6-7-18-14-20(9-8-17(18)12-16)22-10-1-2-11-22/h3-7,12-13,20H,1-2,8-11,14H2. The molecule has 0 bridgehead atoms. The zero-order valence-electron chi connectivity index (χ0n) is 12.9. The lowest BCUT2D eigenvalue weighted by molar-refractivity contribution is 0.222. The van der Waals surface area contributed by atoms with Gasteiger partial charge in [-0.25, -0.2) is 0 Å². The molecule has 1 aliphatic carbocycles. The van der Waals surface area contributed by atoms with Gasteiger partial charge in [0.15, 0.2) is 0 Å². The van der Waals surface area contributed by atoms with Gasteiger partial charge in [-0.05, 0) is 79.6 Å². The number of likely N-dealkylation sites (tertiary alicyclic amines) is 1. The molecule has 1 heterocycles. The molecule has 1 atom stereocenters. The molecule has 4 rings (SSSR count). The van der Waals surface area contributed by atoms with Gasteiger partial charge in [-0.3, -0.25) is 0 Å². The van der Waals surface area contributed by atoms with Gasteiger partial charge in [-0.2, -0.15) is 0 Å². The average Bonchev–Trinajstić information content (AvgIpc) is 3.08. The van der Waals surface area contributed by atoms with Crippen LogP contribution < -0.4 is 0 Å². The fourth-order valence-corrected chi connectivity index (χ4v) is 4.19. The van der Waals surface area contributed by atoms with Crippen molar-refractivity contribution in [2.45, 2.75) is 38.1 Å². The molecule has 0 radical (unpaired) electrons. The Bertz CT molecular complexity index is 673. The molecule has 0 saturated carbocycles. The van der Waals surface area contributed by atoms with E-state index in [1.807, 2.05) is 12.1 Å². The summed E-state index contributed by atoms with van der Waals surface area (Å²) in [6, 6.07) is 15.9. The smallest absolute Gasteiger partial charge is 0.0412 e. The monoisotopic (exact) mass is 311 g/mol. The minimum absolute atomic E-state index is 0.770. The summed E-state index contributed by atoms with van der Waals surface area (Å²) in [7, 11) is 0. The van der Waals surface area contributed by atoms with Crippen LogP contribution in [0.3, 0.4) is 0 Å². The summed E-state index contributed by atoms with van der Waals surface area (Å²) in [6.07, 6.45) is 6.52. The van der Waals surface area contributed by atoms with E-state index in [0.29, 0.717) is 0 Å². The van der Waals surface area contributed by atoms with Crippen LogP contribution in [0.5, 0.6) is 0 Å². The molecular weight excluding hydrogens is 290 g/mol. The molecule has 2 aliphatic rings. The fourth-order valence-electron chi connectivity index (χ4n) is 4.00. The Kier molecular flexibility index (Phi) is 3.94.